The Bertz CT molecular complexity index is 447. The molecule has 0 saturated carbocycles. The highest BCUT2D eigenvalue weighted by atomic mass is 32.2. The van der Waals surface area contributed by atoms with Crippen LogP contribution in [-0.4, -0.2) is 21.0 Å². The van der Waals surface area contributed by atoms with Gasteiger partial charge in [0.05, 0.1) is 10.3 Å². The van der Waals surface area contributed by atoms with Crippen LogP contribution in [0.3, 0.4) is 0 Å². The summed E-state index contributed by atoms with van der Waals surface area (Å²) in [5.41, 5.74) is 7.20. The number of hydrogen-bond donors (Lipinski definition) is 1. The standard InChI is InChI=1S/C12H14N4S/c1-9(13)12(10-2-5-14-6-3-10)17-11-4-7-15-8-16-11/h2-9,12H,13H2,1H3. The Labute approximate surface area is 105 Å². The summed E-state index contributed by atoms with van der Waals surface area (Å²) < 4.78 is 0. The molecule has 2 aromatic rings. The van der Waals surface area contributed by atoms with Crippen LogP contribution < -0.4 is 5.73 Å². The molecule has 0 aliphatic rings. The summed E-state index contributed by atoms with van der Waals surface area (Å²) in [4.78, 5) is 12.1. The van der Waals surface area contributed by atoms with E-state index in [9.17, 15) is 0 Å². The molecule has 0 aliphatic carbocycles. The first-order chi connectivity index (χ1) is 8.27. The molecule has 0 amide bonds. The number of rotatable bonds is 4. The Kier molecular flexibility index (Phi) is 4.06. The molecule has 2 aromatic heterocycles. The van der Waals surface area contributed by atoms with E-state index < -0.39 is 0 Å². The van der Waals surface area contributed by atoms with Gasteiger partial charge in [0, 0.05) is 24.6 Å². The van der Waals surface area contributed by atoms with Crippen LogP contribution in [-0.2, 0) is 0 Å². The predicted octanol–water partition coefficient (Wildman–Crippen LogP) is 2.05. The van der Waals surface area contributed by atoms with Gasteiger partial charge in [-0.2, -0.15) is 0 Å². The number of nitrogens with zero attached hydrogens (tertiary/aromatic N) is 3. The van der Waals surface area contributed by atoms with Gasteiger partial charge in [0.15, 0.2) is 0 Å². The molecule has 2 heterocycles. The molecular formula is C12H14N4S. The quantitative estimate of drug-likeness (QED) is 0.660. The first-order valence-electron chi connectivity index (χ1n) is 5.35. The number of nitrogens with two attached hydrogens (primary N) is 1. The minimum Gasteiger partial charge on any atom is -0.327 e. The lowest BCUT2D eigenvalue weighted by molar-refractivity contribution is 0.719. The summed E-state index contributed by atoms with van der Waals surface area (Å²) in [6, 6.07) is 5.91. The average molecular weight is 246 g/mol. The van der Waals surface area contributed by atoms with Crippen LogP contribution in [0, 0.1) is 0 Å². The van der Waals surface area contributed by atoms with E-state index in [-0.39, 0.29) is 11.3 Å². The van der Waals surface area contributed by atoms with Gasteiger partial charge in [-0.25, -0.2) is 9.97 Å². The molecule has 88 valence electrons. The molecular weight excluding hydrogens is 232 g/mol. The SMILES string of the molecule is CC(N)C(Sc1ccncn1)c1ccncc1. The zero-order valence-corrected chi connectivity index (χ0v) is 10.3. The lowest BCUT2D eigenvalue weighted by Gasteiger charge is -2.19. The smallest absolute Gasteiger partial charge is 0.116 e. The van der Waals surface area contributed by atoms with E-state index in [1.807, 2.05) is 25.1 Å². The van der Waals surface area contributed by atoms with Crippen molar-refractivity contribution in [2.45, 2.75) is 23.2 Å². The number of aromatic nitrogens is 3. The van der Waals surface area contributed by atoms with E-state index in [2.05, 4.69) is 15.0 Å². The molecule has 0 aliphatic heterocycles. The number of hydrogen-bond acceptors (Lipinski definition) is 5. The molecule has 2 N–H and O–H groups in total. The van der Waals surface area contributed by atoms with Crippen LogP contribution >= 0.6 is 11.8 Å². The number of thioether (sulfide) groups is 1. The minimum atomic E-state index is 0.0392. The first kappa shape index (κ1) is 12.0. The van der Waals surface area contributed by atoms with E-state index in [0.717, 1.165) is 5.03 Å². The molecule has 4 nitrogen and oxygen atoms in total. The van der Waals surface area contributed by atoms with Gasteiger partial charge in [-0.1, -0.05) is 11.8 Å². The third kappa shape index (κ3) is 3.25. The average Bonchev–Trinajstić information content (AvgIpc) is 2.38. The Morgan fingerprint density at radius 1 is 1.12 bits per heavy atom. The molecule has 0 fully saturated rings. The summed E-state index contributed by atoms with van der Waals surface area (Å²) >= 11 is 1.65. The van der Waals surface area contributed by atoms with Crippen LogP contribution in [0.4, 0.5) is 0 Å². The molecule has 17 heavy (non-hydrogen) atoms. The van der Waals surface area contributed by atoms with Gasteiger partial charge in [0.25, 0.3) is 0 Å². The van der Waals surface area contributed by atoms with Crippen molar-refractivity contribution in [3.05, 3.63) is 48.7 Å². The largest absolute Gasteiger partial charge is 0.327 e. The molecule has 0 radical (unpaired) electrons. The van der Waals surface area contributed by atoms with Crippen LogP contribution in [0.2, 0.25) is 0 Å². The summed E-state index contributed by atoms with van der Waals surface area (Å²) in [5.74, 6) is 0. The fraction of sp³-hybridized carbons (Fsp3) is 0.250. The van der Waals surface area contributed by atoms with Crippen LogP contribution in [0.25, 0.3) is 0 Å². The van der Waals surface area contributed by atoms with E-state index in [1.54, 1.807) is 36.7 Å². The van der Waals surface area contributed by atoms with E-state index >= 15 is 0 Å². The van der Waals surface area contributed by atoms with Crippen LogP contribution in [0.15, 0.2) is 48.1 Å². The second-order valence-electron chi connectivity index (χ2n) is 3.73. The fourth-order valence-corrected chi connectivity index (χ4v) is 2.53. The van der Waals surface area contributed by atoms with E-state index in [4.69, 9.17) is 5.73 Å². The Morgan fingerprint density at radius 2 is 1.82 bits per heavy atom. The molecule has 0 spiro atoms. The first-order valence-corrected chi connectivity index (χ1v) is 6.23. The van der Waals surface area contributed by atoms with Crippen molar-refractivity contribution in [2.75, 3.05) is 0 Å². The van der Waals surface area contributed by atoms with Gasteiger partial charge in [0.1, 0.15) is 6.33 Å². The summed E-state index contributed by atoms with van der Waals surface area (Å²) in [7, 11) is 0. The minimum absolute atomic E-state index is 0.0392. The van der Waals surface area contributed by atoms with Gasteiger partial charge >= 0.3 is 0 Å². The fourth-order valence-electron chi connectivity index (χ4n) is 1.51. The number of pyridine rings is 1. The molecule has 0 saturated heterocycles. The van der Waals surface area contributed by atoms with Gasteiger partial charge in [0.2, 0.25) is 0 Å². The maximum Gasteiger partial charge on any atom is 0.116 e. The molecule has 2 rings (SSSR count). The normalized spacial score (nSPS) is 14.2. The van der Waals surface area contributed by atoms with Gasteiger partial charge in [-0.15, -0.1) is 0 Å². The molecule has 0 aromatic carbocycles. The van der Waals surface area contributed by atoms with Crippen molar-refractivity contribution >= 4 is 11.8 Å². The van der Waals surface area contributed by atoms with E-state index in [0.29, 0.717) is 0 Å². The zero-order chi connectivity index (χ0) is 12.1. The van der Waals surface area contributed by atoms with Crippen molar-refractivity contribution in [1.29, 1.82) is 0 Å². The maximum atomic E-state index is 6.03. The Hall–Kier alpha value is -1.46. The van der Waals surface area contributed by atoms with Crippen LogP contribution in [0.1, 0.15) is 17.7 Å². The lowest BCUT2D eigenvalue weighted by atomic mass is 10.1. The second kappa shape index (κ2) is 5.75. The summed E-state index contributed by atoms with van der Waals surface area (Å²) in [6.07, 6.45) is 6.85. The third-order valence-corrected chi connectivity index (χ3v) is 3.75. The molecule has 2 unspecified atom stereocenters. The lowest BCUT2D eigenvalue weighted by Crippen LogP contribution is -2.22. The van der Waals surface area contributed by atoms with Crippen molar-refractivity contribution in [2.24, 2.45) is 5.73 Å². The second-order valence-corrected chi connectivity index (χ2v) is 4.89. The zero-order valence-electron chi connectivity index (χ0n) is 9.52. The Balaban J connectivity index is 2.20. The summed E-state index contributed by atoms with van der Waals surface area (Å²) in [5, 5.41) is 1.10. The van der Waals surface area contributed by atoms with Gasteiger partial charge in [-0.05, 0) is 30.7 Å². The molecule has 2 atom stereocenters. The maximum absolute atomic E-state index is 6.03. The van der Waals surface area contributed by atoms with Crippen molar-refractivity contribution in [3.8, 4) is 0 Å². The van der Waals surface area contributed by atoms with E-state index in [1.165, 1.54) is 5.56 Å². The molecule has 0 bridgehead atoms. The topological polar surface area (TPSA) is 64.7 Å². The van der Waals surface area contributed by atoms with Crippen molar-refractivity contribution in [1.82, 2.24) is 15.0 Å². The van der Waals surface area contributed by atoms with Gasteiger partial charge < -0.3 is 5.73 Å². The van der Waals surface area contributed by atoms with Crippen molar-refractivity contribution < 1.29 is 0 Å². The van der Waals surface area contributed by atoms with Gasteiger partial charge in [-0.3, -0.25) is 4.98 Å². The highest BCUT2D eigenvalue weighted by molar-refractivity contribution is 7.99. The van der Waals surface area contributed by atoms with Crippen LogP contribution in [0.5, 0.6) is 0 Å². The highest BCUT2D eigenvalue weighted by Gasteiger charge is 2.18. The summed E-state index contributed by atoms with van der Waals surface area (Å²) in [6.45, 7) is 2.00. The monoisotopic (exact) mass is 246 g/mol. The predicted molar refractivity (Wildman–Crippen MR) is 68.5 cm³/mol. The third-order valence-electron chi connectivity index (χ3n) is 2.31. The van der Waals surface area contributed by atoms with Crippen molar-refractivity contribution in [3.63, 3.8) is 0 Å². The highest BCUT2D eigenvalue weighted by Crippen LogP contribution is 2.35. The Morgan fingerprint density at radius 3 is 2.41 bits per heavy atom. The molecule has 5 heteroatoms.